The van der Waals surface area contributed by atoms with E-state index in [4.69, 9.17) is 14.2 Å². The summed E-state index contributed by atoms with van der Waals surface area (Å²) in [5.74, 6) is 1.90. The number of carbonyl (C=O) groups is 1. The van der Waals surface area contributed by atoms with E-state index in [9.17, 15) is 4.79 Å². The highest BCUT2D eigenvalue weighted by Gasteiger charge is 2.15. The Bertz CT molecular complexity index is 645. The quantitative estimate of drug-likeness (QED) is 0.327. The third-order valence-corrected chi connectivity index (χ3v) is 4.58. The number of nitrogens with one attached hydrogen (secondary N) is 2. The van der Waals surface area contributed by atoms with Crippen LogP contribution in [0.1, 0.15) is 18.4 Å². The zero-order valence-electron chi connectivity index (χ0n) is 17.8. The molecule has 1 fully saturated rings. The molecule has 1 saturated heterocycles. The van der Waals surface area contributed by atoms with Crippen LogP contribution in [0.3, 0.4) is 0 Å². The number of amides is 1. The molecule has 1 heterocycles. The number of hydrogen-bond donors (Lipinski definition) is 2. The third-order valence-electron chi connectivity index (χ3n) is 4.58. The molecule has 8 heteroatoms. The topological polar surface area (TPSA) is 84.4 Å². The molecular weight excluding hydrogens is 372 g/mol. The highest BCUT2D eigenvalue weighted by molar-refractivity contribution is 5.79. The monoisotopic (exact) mass is 406 g/mol. The lowest BCUT2D eigenvalue weighted by Crippen LogP contribution is -2.37. The van der Waals surface area contributed by atoms with Gasteiger partial charge in [-0.15, -0.1) is 0 Å². The second kappa shape index (κ2) is 13.0. The smallest absolute Gasteiger partial charge is 0.259 e. The molecule has 0 radical (unpaired) electrons. The molecule has 1 aliphatic heterocycles. The number of guanidine groups is 1. The Morgan fingerprint density at radius 3 is 2.93 bits per heavy atom. The molecule has 1 aromatic carbocycles. The van der Waals surface area contributed by atoms with Gasteiger partial charge in [-0.25, -0.2) is 0 Å². The Morgan fingerprint density at radius 1 is 1.34 bits per heavy atom. The van der Waals surface area contributed by atoms with Gasteiger partial charge < -0.3 is 29.7 Å². The molecule has 162 valence electrons. The summed E-state index contributed by atoms with van der Waals surface area (Å²) in [5, 5.41) is 6.57. The number of carbonyl (C=O) groups excluding carboxylic acids is 1. The van der Waals surface area contributed by atoms with Crippen molar-refractivity contribution in [2.75, 3.05) is 60.7 Å². The first kappa shape index (κ1) is 23.0. The lowest BCUT2D eigenvalue weighted by atomic mass is 10.1. The van der Waals surface area contributed by atoms with E-state index in [1.165, 1.54) is 4.90 Å². The summed E-state index contributed by atoms with van der Waals surface area (Å²) in [5.41, 5.74) is 1.05. The Morgan fingerprint density at radius 2 is 2.21 bits per heavy atom. The summed E-state index contributed by atoms with van der Waals surface area (Å²) < 4.78 is 16.6. The van der Waals surface area contributed by atoms with Gasteiger partial charge in [0.2, 0.25) is 0 Å². The van der Waals surface area contributed by atoms with Crippen molar-refractivity contribution in [3.05, 3.63) is 29.8 Å². The van der Waals surface area contributed by atoms with Gasteiger partial charge in [-0.3, -0.25) is 9.79 Å². The summed E-state index contributed by atoms with van der Waals surface area (Å²) in [6.45, 7) is 4.63. The molecule has 0 saturated carbocycles. The number of benzene rings is 1. The van der Waals surface area contributed by atoms with Gasteiger partial charge in [-0.2, -0.15) is 0 Å². The van der Waals surface area contributed by atoms with Crippen molar-refractivity contribution in [3.8, 4) is 5.75 Å². The molecule has 0 spiro atoms. The van der Waals surface area contributed by atoms with Crippen LogP contribution in [0.15, 0.2) is 29.3 Å². The van der Waals surface area contributed by atoms with Gasteiger partial charge in [-0.05, 0) is 30.5 Å². The molecule has 8 nitrogen and oxygen atoms in total. The van der Waals surface area contributed by atoms with Gasteiger partial charge in [-0.1, -0.05) is 12.1 Å². The minimum absolute atomic E-state index is 0.0307. The Hall–Kier alpha value is -2.32. The zero-order valence-corrected chi connectivity index (χ0v) is 17.8. The number of ether oxygens (including phenoxy) is 3. The van der Waals surface area contributed by atoms with Crippen molar-refractivity contribution < 1.29 is 19.0 Å². The molecule has 1 atom stereocenters. The van der Waals surface area contributed by atoms with Gasteiger partial charge >= 0.3 is 0 Å². The van der Waals surface area contributed by atoms with E-state index in [-0.39, 0.29) is 12.5 Å². The number of nitrogens with zero attached hydrogens (tertiary/aromatic N) is 2. The number of rotatable bonds is 11. The summed E-state index contributed by atoms with van der Waals surface area (Å²) in [6.07, 6.45) is 2.02. The molecule has 1 aliphatic rings. The van der Waals surface area contributed by atoms with Crippen LogP contribution in [0.25, 0.3) is 0 Å². The summed E-state index contributed by atoms with van der Waals surface area (Å²) in [7, 11) is 5.17. The van der Waals surface area contributed by atoms with E-state index in [2.05, 4.69) is 15.6 Å². The molecule has 29 heavy (non-hydrogen) atoms. The predicted molar refractivity (Wildman–Crippen MR) is 113 cm³/mol. The molecule has 1 aromatic rings. The maximum Gasteiger partial charge on any atom is 0.259 e. The maximum absolute atomic E-state index is 11.6. The van der Waals surface area contributed by atoms with Crippen LogP contribution in [0.5, 0.6) is 5.75 Å². The third kappa shape index (κ3) is 9.15. The first-order chi connectivity index (χ1) is 14.1. The van der Waals surface area contributed by atoms with Gasteiger partial charge in [0, 0.05) is 53.4 Å². The number of likely N-dealkylation sites (N-methyl/N-ethyl adjacent to an activating group) is 1. The van der Waals surface area contributed by atoms with Crippen molar-refractivity contribution in [2.24, 2.45) is 10.9 Å². The van der Waals surface area contributed by atoms with Crippen LogP contribution in [-0.4, -0.2) is 77.5 Å². The van der Waals surface area contributed by atoms with E-state index in [0.717, 1.165) is 57.3 Å². The SMILES string of the molecule is CN=C(NCCCOCC1CCOC1)NCc1cccc(OCC(=O)N(C)C)c1. The second-order valence-corrected chi connectivity index (χ2v) is 7.23. The molecule has 1 unspecified atom stereocenters. The molecular formula is C21H34N4O4. The first-order valence-electron chi connectivity index (χ1n) is 10.1. The van der Waals surface area contributed by atoms with Crippen molar-refractivity contribution in [1.29, 1.82) is 0 Å². The maximum atomic E-state index is 11.6. The molecule has 2 N–H and O–H groups in total. The summed E-state index contributed by atoms with van der Waals surface area (Å²) in [6, 6.07) is 7.68. The van der Waals surface area contributed by atoms with Crippen molar-refractivity contribution in [2.45, 2.75) is 19.4 Å². The van der Waals surface area contributed by atoms with Crippen molar-refractivity contribution >= 4 is 11.9 Å². The van der Waals surface area contributed by atoms with Gasteiger partial charge in [0.1, 0.15) is 5.75 Å². The minimum atomic E-state index is -0.0707. The predicted octanol–water partition coefficient (Wildman–Crippen LogP) is 1.26. The van der Waals surface area contributed by atoms with Crippen LogP contribution in [0, 0.1) is 5.92 Å². The van der Waals surface area contributed by atoms with Gasteiger partial charge in [0.05, 0.1) is 13.2 Å². The van der Waals surface area contributed by atoms with E-state index >= 15 is 0 Å². The largest absolute Gasteiger partial charge is 0.484 e. The van der Waals surface area contributed by atoms with Crippen LogP contribution in [0.4, 0.5) is 0 Å². The lowest BCUT2D eigenvalue weighted by Gasteiger charge is -2.14. The molecule has 2 rings (SSSR count). The van der Waals surface area contributed by atoms with E-state index in [1.54, 1.807) is 21.1 Å². The number of hydrogen-bond acceptors (Lipinski definition) is 5. The summed E-state index contributed by atoms with van der Waals surface area (Å²) in [4.78, 5) is 17.4. The minimum Gasteiger partial charge on any atom is -0.484 e. The number of aliphatic imine (C=N–C) groups is 1. The standard InChI is InChI=1S/C21H34N4O4/c1-22-21(23-9-5-10-27-14-18-8-11-28-15-18)24-13-17-6-4-7-19(12-17)29-16-20(26)25(2)3/h4,6-7,12,18H,5,8-11,13-16H2,1-3H3,(H2,22,23,24). The van der Waals surface area contributed by atoms with Gasteiger partial charge in [0.25, 0.3) is 5.91 Å². The van der Waals surface area contributed by atoms with Crippen molar-refractivity contribution in [3.63, 3.8) is 0 Å². The molecule has 0 bridgehead atoms. The van der Waals surface area contributed by atoms with Crippen LogP contribution < -0.4 is 15.4 Å². The van der Waals surface area contributed by atoms with Gasteiger partial charge in [0.15, 0.2) is 12.6 Å². The highest BCUT2D eigenvalue weighted by Crippen LogP contribution is 2.13. The second-order valence-electron chi connectivity index (χ2n) is 7.23. The first-order valence-corrected chi connectivity index (χ1v) is 10.1. The fraction of sp³-hybridized carbons (Fsp3) is 0.619. The summed E-state index contributed by atoms with van der Waals surface area (Å²) >= 11 is 0. The van der Waals surface area contributed by atoms with Crippen LogP contribution in [0.2, 0.25) is 0 Å². The van der Waals surface area contributed by atoms with E-state index in [1.807, 2.05) is 24.3 Å². The van der Waals surface area contributed by atoms with E-state index in [0.29, 0.717) is 18.2 Å². The molecule has 0 aromatic heterocycles. The molecule has 1 amide bonds. The lowest BCUT2D eigenvalue weighted by molar-refractivity contribution is -0.130. The fourth-order valence-electron chi connectivity index (χ4n) is 2.77. The van der Waals surface area contributed by atoms with Crippen LogP contribution in [-0.2, 0) is 20.8 Å². The van der Waals surface area contributed by atoms with Crippen LogP contribution >= 0.6 is 0 Å². The average Bonchev–Trinajstić information content (AvgIpc) is 3.24. The normalized spacial score (nSPS) is 16.5. The Labute approximate surface area is 173 Å². The van der Waals surface area contributed by atoms with E-state index < -0.39 is 0 Å². The molecule has 0 aliphatic carbocycles. The Balaban J connectivity index is 1.62. The Kier molecular flexibility index (Phi) is 10.3. The zero-order chi connectivity index (χ0) is 20.9. The highest BCUT2D eigenvalue weighted by atomic mass is 16.5. The van der Waals surface area contributed by atoms with Crippen molar-refractivity contribution in [1.82, 2.24) is 15.5 Å². The average molecular weight is 407 g/mol. The fourth-order valence-corrected chi connectivity index (χ4v) is 2.77.